The van der Waals surface area contributed by atoms with E-state index < -0.39 is 4.92 Å². The number of likely N-dealkylation sites (N-methyl/N-ethyl adjacent to an activating group) is 1. The van der Waals surface area contributed by atoms with Gasteiger partial charge in [-0.15, -0.1) is 0 Å². The average Bonchev–Trinajstić information content (AvgIpc) is 2.36. The van der Waals surface area contributed by atoms with Crippen molar-refractivity contribution in [3.05, 3.63) is 34.4 Å². The summed E-state index contributed by atoms with van der Waals surface area (Å²) in [6, 6.07) is 6.13. The maximum Gasteiger partial charge on any atom is 0.292 e. The van der Waals surface area contributed by atoms with E-state index in [9.17, 15) is 14.9 Å². The third-order valence-corrected chi connectivity index (χ3v) is 2.68. The zero-order chi connectivity index (χ0) is 14.3. The van der Waals surface area contributed by atoms with Gasteiger partial charge in [-0.05, 0) is 26.1 Å². The first-order valence-corrected chi connectivity index (χ1v) is 6.26. The van der Waals surface area contributed by atoms with E-state index >= 15 is 0 Å². The smallest absolute Gasteiger partial charge is 0.292 e. The highest BCUT2D eigenvalue weighted by Crippen LogP contribution is 2.22. The van der Waals surface area contributed by atoms with E-state index in [2.05, 4.69) is 12.2 Å². The molecule has 0 radical (unpaired) electrons. The molecule has 0 aromatic heterocycles. The number of anilines is 1. The topological polar surface area (TPSA) is 75.5 Å². The Morgan fingerprint density at radius 2 is 2.11 bits per heavy atom. The van der Waals surface area contributed by atoms with Crippen molar-refractivity contribution < 1.29 is 9.72 Å². The molecule has 0 aliphatic heterocycles. The minimum Gasteiger partial charge on any atom is -0.319 e. The first-order chi connectivity index (χ1) is 9.04. The van der Waals surface area contributed by atoms with Gasteiger partial charge in [0.25, 0.3) is 5.69 Å². The summed E-state index contributed by atoms with van der Waals surface area (Å²) in [6.45, 7) is 3.15. The summed E-state index contributed by atoms with van der Waals surface area (Å²) in [4.78, 5) is 24.0. The van der Waals surface area contributed by atoms with Crippen LogP contribution in [0, 0.1) is 10.1 Å². The zero-order valence-corrected chi connectivity index (χ0v) is 11.3. The Balaban J connectivity index is 2.60. The molecule has 6 nitrogen and oxygen atoms in total. The lowest BCUT2D eigenvalue weighted by Gasteiger charge is -2.15. The minimum absolute atomic E-state index is 0.0907. The van der Waals surface area contributed by atoms with Gasteiger partial charge >= 0.3 is 0 Å². The minimum atomic E-state index is -0.504. The molecule has 0 aliphatic carbocycles. The number of nitro groups is 1. The summed E-state index contributed by atoms with van der Waals surface area (Å²) in [6.07, 6.45) is 2.09. The van der Waals surface area contributed by atoms with Gasteiger partial charge in [0.2, 0.25) is 5.91 Å². The van der Waals surface area contributed by atoms with Crippen LogP contribution in [0.15, 0.2) is 24.3 Å². The third-order valence-electron chi connectivity index (χ3n) is 2.68. The zero-order valence-electron chi connectivity index (χ0n) is 11.3. The fourth-order valence-corrected chi connectivity index (χ4v) is 1.68. The fourth-order valence-electron chi connectivity index (χ4n) is 1.68. The van der Waals surface area contributed by atoms with Gasteiger partial charge < -0.3 is 5.32 Å². The summed E-state index contributed by atoms with van der Waals surface area (Å²) in [5, 5.41) is 13.4. The molecule has 0 fully saturated rings. The number of benzene rings is 1. The Bertz CT molecular complexity index is 449. The molecule has 19 heavy (non-hydrogen) atoms. The van der Waals surface area contributed by atoms with Crippen molar-refractivity contribution in [1.82, 2.24) is 4.90 Å². The number of carbonyl (C=O) groups excluding carboxylic acids is 1. The number of nitrogens with one attached hydrogen (secondary N) is 1. The van der Waals surface area contributed by atoms with Gasteiger partial charge in [0, 0.05) is 6.07 Å². The molecular weight excluding hydrogens is 246 g/mol. The van der Waals surface area contributed by atoms with Gasteiger partial charge in [-0.3, -0.25) is 19.8 Å². The number of hydrogen-bond donors (Lipinski definition) is 1. The van der Waals surface area contributed by atoms with Crippen LogP contribution in [0.3, 0.4) is 0 Å². The molecule has 1 aromatic carbocycles. The Labute approximate surface area is 112 Å². The molecule has 0 aliphatic rings. The van der Waals surface area contributed by atoms with Crippen molar-refractivity contribution in [3.8, 4) is 0 Å². The van der Waals surface area contributed by atoms with E-state index in [0.717, 1.165) is 19.4 Å². The summed E-state index contributed by atoms with van der Waals surface area (Å²) in [5.41, 5.74) is 0.147. The second kappa shape index (κ2) is 7.48. The quantitative estimate of drug-likeness (QED) is 0.606. The monoisotopic (exact) mass is 265 g/mol. The lowest BCUT2D eigenvalue weighted by atomic mass is 10.2. The predicted octanol–water partition coefficient (Wildman–Crippen LogP) is 2.27. The summed E-state index contributed by atoms with van der Waals surface area (Å²) in [5.74, 6) is -0.243. The number of unbranched alkanes of at least 4 members (excludes halogenated alkanes) is 1. The molecule has 1 rings (SSSR count). The van der Waals surface area contributed by atoms with Crippen LogP contribution >= 0.6 is 0 Å². The van der Waals surface area contributed by atoms with Crippen molar-refractivity contribution in [2.45, 2.75) is 19.8 Å². The molecule has 104 valence electrons. The second-order valence-corrected chi connectivity index (χ2v) is 4.41. The van der Waals surface area contributed by atoms with E-state index in [1.807, 2.05) is 11.9 Å². The van der Waals surface area contributed by atoms with Crippen LogP contribution in [-0.4, -0.2) is 35.9 Å². The van der Waals surface area contributed by atoms with Crippen LogP contribution in [0.2, 0.25) is 0 Å². The van der Waals surface area contributed by atoms with E-state index in [1.54, 1.807) is 12.1 Å². The number of nitro benzene ring substituents is 1. The highest BCUT2D eigenvalue weighted by Gasteiger charge is 2.15. The van der Waals surface area contributed by atoms with E-state index in [0.29, 0.717) is 0 Å². The molecule has 1 aromatic rings. The Morgan fingerprint density at radius 1 is 1.42 bits per heavy atom. The van der Waals surface area contributed by atoms with Crippen LogP contribution in [0.1, 0.15) is 19.8 Å². The van der Waals surface area contributed by atoms with Gasteiger partial charge in [0.15, 0.2) is 0 Å². The number of para-hydroxylation sites is 2. The molecule has 0 atom stereocenters. The standard InChI is InChI=1S/C13H19N3O3/c1-3-4-9-15(2)10-13(17)14-11-7-5-6-8-12(11)16(18)19/h5-8H,3-4,9-10H2,1-2H3,(H,14,17). The van der Waals surface area contributed by atoms with Crippen molar-refractivity contribution >= 4 is 17.3 Å². The molecule has 0 bridgehead atoms. The van der Waals surface area contributed by atoms with Gasteiger partial charge in [0.05, 0.1) is 11.5 Å². The van der Waals surface area contributed by atoms with Gasteiger partial charge in [0.1, 0.15) is 5.69 Å². The maximum atomic E-state index is 11.8. The van der Waals surface area contributed by atoms with Crippen molar-refractivity contribution in [2.24, 2.45) is 0 Å². The van der Waals surface area contributed by atoms with Crippen molar-refractivity contribution in [1.29, 1.82) is 0 Å². The molecule has 0 saturated heterocycles. The SMILES string of the molecule is CCCCN(C)CC(=O)Nc1ccccc1[N+](=O)[O-]. The largest absolute Gasteiger partial charge is 0.319 e. The Hall–Kier alpha value is -1.95. The van der Waals surface area contributed by atoms with E-state index in [-0.39, 0.29) is 23.8 Å². The number of nitrogens with zero attached hydrogens (tertiary/aromatic N) is 2. The molecule has 0 unspecified atom stereocenters. The number of hydrogen-bond acceptors (Lipinski definition) is 4. The van der Waals surface area contributed by atoms with Crippen molar-refractivity contribution in [2.75, 3.05) is 25.5 Å². The summed E-state index contributed by atoms with van der Waals surface area (Å²) < 4.78 is 0. The fraction of sp³-hybridized carbons (Fsp3) is 0.462. The van der Waals surface area contributed by atoms with Crippen LogP contribution < -0.4 is 5.32 Å². The molecule has 6 heteroatoms. The first-order valence-electron chi connectivity index (χ1n) is 6.26. The van der Waals surface area contributed by atoms with Gasteiger partial charge in [-0.25, -0.2) is 0 Å². The third kappa shape index (κ3) is 5.05. The average molecular weight is 265 g/mol. The number of rotatable bonds is 7. The predicted molar refractivity (Wildman–Crippen MR) is 74.1 cm³/mol. The van der Waals surface area contributed by atoms with E-state index in [1.165, 1.54) is 12.1 Å². The Morgan fingerprint density at radius 3 is 2.74 bits per heavy atom. The number of carbonyl (C=O) groups is 1. The number of amides is 1. The molecule has 0 saturated carbocycles. The maximum absolute atomic E-state index is 11.8. The second-order valence-electron chi connectivity index (χ2n) is 4.41. The molecule has 1 N–H and O–H groups in total. The summed E-state index contributed by atoms with van der Waals surface area (Å²) >= 11 is 0. The molecule has 0 spiro atoms. The molecular formula is C13H19N3O3. The summed E-state index contributed by atoms with van der Waals surface area (Å²) in [7, 11) is 1.86. The lowest BCUT2D eigenvalue weighted by molar-refractivity contribution is -0.383. The van der Waals surface area contributed by atoms with Crippen molar-refractivity contribution in [3.63, 3.8) is 0 Å². The molecule has 1 amide bonds. The van der Waals surface area contributed by atoms with Crippen LogP contribution in [0.5, 0.6) is 0 Å². The van der Waals surface area contributed by atoms with Crippen LogP contribution in [0.4, 0.5) is 11.4 Å². The van der Waals surface area contributed by atoms with Crippen LogP contribution in [0.25, 0.3) is 0 Å². The lowest BCUT2D eigenvalue weighted by Crippen LogP contribution is -2.31. The van der Waals surface area contributed by atoms with Gasteiger partial charge in [-0.1, -0.05) is 25.5 Å². The first kappa shape index (κ1) is 15.1. The van der Waals surface area contributed by atoms with Gasteiger partial charge in [-0.2, -0.15) is 0 Å². The Kier molecular flexibility index (Phi) is 5.95. The normalized spacial score (nSPS) is 10.5. The molecule has 0 heterocycles. The highest BCUT2D eigenvalue weighted by atomic mass is 16.6. The van der Waals surface area contributed by atoms with E-state index in [4.69, 9.17) is 0 Å². The highest BCUT2D eigenvalue weighted by molar-refractivity contribution is 5.94. The van der Waals surface area contributed by atoms with Crippen LogP contribution in [-0.2, 0) is 4.79 Å².